The zero-order chi connectivity index (χ0) is 9.84. The van der Waals surface area contributed by atoms with Crippen molar-refractivity contribution in [2.24, 2.45) is 0 Å². The summed E-state index contributed by atoms with van der Waals surface area (Å²) < 4.78 is 4.93. The van der Waals surface area contributed by atoms with Crippen molar-refractivity contribution in [2.75, 3.05) is 6.61 Å². The Morgan fingerprint density at radius 2 is 2.46 bits per heavy atom. The van der Waals surface area contributed by atoms with E-state index < -0.39 is 5.97 Å². The summed E-state index contributed by atoms with van der Waals surface area (Å²) in [6.07, 6.45) is 0. The second-order valence-corrected chi connectivity index (χ2v) is 3.01. The highest BCUT2D eigenvalue weighted by Crippen LogP contribution is 2.03. The van der Waals surface area contributed by atoms with Crippen LogP contribution in [0.5, 0.6) is 0 Å². The Balaban J connectivity index is 2.97. The molecule has 0 radical (unpaired) electrons. The van der Waals surface area contributed by atoms with Gasteiger partial charge in [-0.05, 0) is 28.9 Å². The molecule has 5 nitrogen and oxygen atoms in total. The summed E-state index contributed by atoms with van der Waals surface area (Å²) in [5, 5.41) is 5.67. The summed E-state index contributed by atoms with van der Waals surface area (Å²) >= 11 is 2.97. The van der Waals surface area contributed by atoms with Crippen LogP contribution >= 0.6 is 15.9 Å². The maximum absolute atomic E-state index is 11.1. The third-order valence-electron chi connectivity index (χ3n) is 1.24. The smallest absolute Gasteiger partial charge is 0.358 e. The molecular weight excluding hydrogens is 240 g/mol. The average Bonchev–Trinajstić information content (AvgIpc) is 2.10. The van der Waals surface area contributed by atoms with Crippen LogP contribution in [0.1, 0.15) is 17.4 Å². The Morgan fingerprint density at radius 3 is 3.00 bits per heavy atom. The number of carbonyl (C=O) groups excluding carboxylic acids is 1. The minimum atomic E-state index is -0.556. The average molecular weight is 247 g/mol. The second-order valence-electron chi connectivity index (χ2n) is 2.15. The van der Waals surface area contributed by atoms with Gasteiger partial charge in [-0.25, -0.2) is 9.89 Å². The van der Waals surface area contributed by atoms with E-state index in [9.17, 15) is 9.59 Å². The Labute approximate surface area is 82.2 Å². The predicted octanol–water partition coefficient (Wildman–Crippen LogP) is 0.709. The number of aromatic amines is 1. The van der Waals surface area contributed by atoms with Gasteiger partial charge >= 0.3 is 5.97 Å². The molecule has 1 rings (SSSR count). The summed E-state index contributed by atoms with van der Waals surface area (Å²) in [4.78, 5) is 21.9. The molecule has 13 heavy (non-hydrogen) atoms. The number of halogens is 1. The van der Waals surface area contributed by atoms with Crippen LogP contribution in [0.25, 0.3) is 0 Å². The molecule has 6 heteroatoms. The summed E-state index contributed by atoms with van der Waals surface area (Å²) in [7, 11) is 0. The molecule has 70 valence electrons. The fourth-order valence-corrected chi connectivity index (χ4v) is 0.997. The highest BCUT2D eigenvalue weighted by atomic mass is 79.9. The van der Waals surface area contributed by atoms with Gasteiger partial charge in [0.25, 0.3) is 5.56 Å². The van der Waals surface area contributed by atoms with Gasteiger partial charge in [0, 0.05) is 0 Å². The van der Waals surface area contributed by atoms with E-state index in [-0.39, 0.29) is 22.3 Å². The van der Waals surface area contributed by atoms with Gasteiger partial charge in [-0.15, -0.1) is 0 Å². The molecule has 0 aliphatic heterocycles. The van der Waals surface area contributed by atoms with Gasteiger partial charge in [-0.2, -0.15) is 5.10 Å². The van der Waals surface area contributed by atoms with Gasteiger partial charge < -0.3 is 4.74 Å². The molecule has 0 saturated carbocycles. The van der Waals surface area contributed by atoms with Crippen LogP contribution < -0.4 is 5.56 Å². The summed E-state index contributed by atoms with van der Waals surface area (Å²) in [6.45, 7) is 1.97. The Morgan fingerprint density at radius 1 is 1.77 bits per heavy atom. The third kappa shape index (κ3) is 2.38. The van der Waals surface area contributed by atoms with Gasteiger partial charge in [0.1, 0.15) is 0 Å². The molecule has 1 heterocycles. The number of nitrogens with zero attached hydrogens (tertiary/aromatic N) is 1. The topological polar surface area (TPSA) is 72.1 Å². The summed E-state index contributed by atoms with van der Waals surface area (Å²) in [5.74, 6) is -0.556. The van der Waals surface area contributed by atoms with E-state index in [1.54, 1.807) is 6.92 Å². The van der Waals surface area contributed by atoms with Crippen LogP contribution in [0.15, 0.2) is 15.3 Å². The van der Waals surface area contributed by atoms with Crippen molar-refractivity contribution in [3.63, 3.8) is 0 Å². The molecule has 0 fully saturated rings. The van der Waals surface area contributed by atoms with Gasteiger partial charge in [0.15, 0.2) is 5.69 Å². The molecule has 0 saturated heterocycles. The van der Waals surface area contributed by atoms with Crippen molar-refractivity contribution in [1.29, 1.82) is 0 Å². The Bertz CT molecular complexity index is 374. The Hall–Kier alpha value is -1.17. The molecule has 0 aliphatic rings. The van der Waals surface area contributed by atoms with Crippen molar-refractivity contribution in [3.05, 3.63) is 26.6 Å². The lowest BCUT2D eigenvalue weighted by molar-refractivity contribution is 0.0518. The van der Waals surface area contributed by atoms with Gasteiger partial charge in [0.05, 0.1) is 11.1 Å². The first-order chi connectivity index (χ1) is 6.15. The van der Waals surface area contributed by atoms with E-state index in [0.29, 0.717) is 0 Å². The van der Waals surface area contributed by atoms with Gasteiger partial charge in [0.2, 0.25) is 0 Å². The minimum Gasteiger partial charge on any atom is -0.461 e. The van der Waals surface area contributed by atoms with Crippen molar-refractivity contribution in [3.8, 4) is 0 Å². The summed E-state index contributed by atoms with van der Waals surface area (Å²) in [5.41, 5.74) is -0.304. The normalized spacial score (nSPS) is 9.69. The van der Waals surface area contributed by atoms with Crippen LogP contribution in [0, 0.1) is 0 Å². The first-order valence-electron chi connectivity index (χ1n) is 3.57. The van der Waals surface area contributed by atoms with Crippen LogP contribution in [-0.2, 0) is 4.74 Å². The maximum Gasteiger partial charge on any atom is 0.358 e. The number of ether oxygens (including phenoxy) is 1. The third-order valence-corrected chi connectivity index (χ3v) is 1.83. The van der Waals surface area contributed by atoms with E-state index in [4.69, 9.17) is 0 Å². The van der Waals surface area contributed by atoms with Crippen LogP contribution in [0.3, 0.4) is 0 Å². The van der Waals surface area contributed by atoms with Crippen LogP contribution in [0.2, 0.25) is 0 Å². The molecule has 0 atom stereocenters. The maximum atomic E-state index is 11.1. The molecule has 0 aromatic carbocycles. The van der Waals surface area contributed by atoms with E-state index in [1.165, 1.54) is 6.07 Å². The van der Waals surface area contributed by atoms with Crippen molar-refractivity contribution >= 4 is 21.9 Å². The quantitative estimate of drug-likeness (QED) is 0.781. The highest BCUT2D eigenvalue weighted by Gasteiger charge is 2.09. The van der Waals surface area contributed by atoms with Crippen LogP contribution in [0.4, 0.5) is 0 Å². The second kappa shape index (κ2) is 4.18. The number of hydrogen-bond donors (Lipinski definition) is 1. The molecule has 0 amide bonds. The minimum absolute atomic E-state index is 0.0772. The van der Waals surface area contributed by atoms with Gasteiger partial charge in [-0.3, -0.25) is 4.79 Å². The first-order valence-corrected chi connectivity index (χ1v) is 4.36. The number of nitrogens with one attached hydrogen (secondary N) is 1. The molecule has 1 N–H and O–H groups in total. The van der Waals surface area contributed by atoms with E-state index in [1.807, 2.05) is 0 Å². The first kappa shape index (κ1) is 9.91. The monoisotopic (exact) mass is 246 g/mol. The molecule has 1 aromatic rings. The lowest BCUT2D eigenvalue weighted by Crippen LogP contribution is -2.15. The lowest BCUT2D eigenvalue weighted by atomic mass is 10.4. The standard InChI is InChI=1S/C7H7BrN2O3/c1-2-13-7(12)5-3-4(8)6(11)10-9-5/h3H,2H2,1H3,(H,10,11). The molecule has 1 aromatic heterocycles. The number of H-pyrrole nitrogens is 1. The van der Waals surface area contributed by atoms with E-state index in [0.717, 1.165) is 0 Å². The highest BCUT2D eigenvalue weighted by molar-refractivity contribution is 9.10. The van der Waals surface area contributed by atoms with Crippen LogP contribution in [-0.4, -0.2) is 22.8 Å². The molecule has 0 spiro atoms. The lowest BCUT2D eigenvalue weighted by Gasteiger charge is -1.99. The number of esters is 1. The molecule has 0 aliphatic carbocycles. The molecule has 0 unspecified atom stereocenters. The predicted molar refractivity (Wildman–Crippen MR) is 48.5 cm³/mol. The zero-order valence-corrected chi connectivity index (χ0v) is 8.42. The summed E-state index contributed by atoms with van der Waals surface area (Å²) in [6, 6.07) is 1.32. The SMILES string of the molecule is CCOC(=O)c1cc(Br)c(=O)[nH]n1. The van der Waals surface area contributed by atoms with E-state index in [2.05, 4.69) is 30.9 Å². The zero-order valence-electron chi connectivity index (χ0n) is 6.83. The van der Waals surface area contributed by atoms with E-state index >= 15 is 0 Å². The molecular formula is C7H7BrN2O3. The molecule has 0 bridgehead atoms. The van der Waals surface area contributed by atoms with Crippen molar-refractivity contribution in [1.82, 2.24) is 10.2 Å². The number of carbonyl (C=O) groups is 1. The largest absolute Gasteiger partial charge is 0.461 e. The Kier molecular flexibility index (Phi) is 3.18. The fraction of sp³-hybridized carbons (Fsp3) is 0.286. The van der Waals surface area contributed by atoms with Crippen molar-refractivity contribution < 1.29 is 9.53 Å². The number of hydrogen-bond acceptors (Lipinski definition) is 4. The number of rotatable bonds is 2. The van der Waals surface area contributed by atoms with Gasteiger partial charge in [-0.1, -0.05) is 0 Å². The van der Waals surface area contributed by atoms with Crippen molar-refractivity contribution in [2.45, 2.75) is 6.92 Å². The fourth-order valence-electron chi connectivity index (χ4n) is 0.692. The number of aromatic nitrogens is 2.